The summed E-state index contributed by atoms with van der Waals surface area (Å²) in [6.07, 6.45) is 0. The van der Waals surface area contributed by atoms with Crippen LogP contribution >= 0.6 is 0 Å². The number of fused-ring (bicyclic) bond motifs is 2. The predicted molar refractivity (Wildman–Crippen MR) is 78.9 cm³/mol. The van der Waals surface area contributed by atoms with Gasteiger partial charge in [-0.1, -0.05) is 36.4 Å². The second-order valence-corrected chi connectivity index (χ2v) is 4.84. The van der Waals surface area contributed by atoms with Crippen LogP contribution in [0.5, 0.6) is 0 Å². The molecular weight excluding hydrogens is 248 g/mol. The summed E-state index contributed by atoms with van der Waals surface area (Å²) in [6.45, 7) is 1.90. The molecule has 0 saturated heterocycles. The highest BCUT2D eigenvalue weighted by molar-refractivity contribution is 6.01. The first-order chi connectivity index (χ1) is 9.83. The van der Waals surface area contributed by atoms with Crippen LogP contribution in [0.25, 0.3) is 27.2 Å². The number of hydrogen-bond donors (Lipinski definition) is 0. The number of benzene rings is 3. The molecule has 4 rings (SSSR count). The average molecular weight is 260 g/mol. The third-order valence-corrected chi connectivity index (χ3v) is 3.58. The second kappa shape index (κ2) is 4.13. The van der Waals surface area contributed by atoms with Gasteiger partial charge in [0.25, 0.3) is 0 Å². The van der Waals surface area contributed by atoms with Gasteiger partial charge < -0.3 is 0 Å². The van der Waals surface area contributed by atoms with Crippen molar-refractivity contribution < 1.29 is 0 Å². The molecule has 0 saturated carbocycles. The number of aromatic nitrogens is 4. The third kappa shape index (κ3) is 1.58. The number of hydrogen-bond acceptors (Lipinski definition) is 3. The Morgan fingerprint density at radius 1 is 0.850 bits per heavy atom. The minimum atomic E-state index is 0.783. The monoisotopic (exact) mass is 260 g/mol. The zero-order valence-corrected chi connectivity index (χ0v) is 11.0. The lowest BCUT2D eigenvalue weighted by atomic mass is 10.0. The Balaban J connectivity index is 2.12. The molecule has 0 N–H and O–H groups in total. The highest BCUT2D eigenvalue weighted by Gasteiger charge is 2.08. The van der Waals surface area contributed by atoms with Crippen LogP contribution in [0.4, 0.5) is 0 Å². The molecule has 96 valence electrons. The first-order valence-corrected chi connectivity index (χ1v) is 6.50. The Morgan fingerprint density at radius 2 is 1.60 bits per heavy atom. The van der Waals surface area contributed by atoms with E-state index in [1.165, 1.54) is 16.2 Å². The standard InChI is InChI=1S/C16H12N4/c1-11-17-18-19-20(11)16-8-4-7-14-9-12-5-2-3-6-13(12)10-15(14)16/h2-10H,1H3. The van der Waals surface area contributed by atoms with Crippen molar-refractivity contribution in [2.45, 2.75) is 6.92 Å². The SMILES string of the molecule is Cc1nnnn1-c1cccc2cc3ccccc3cc12. The molecule has 4 heteroatoms. The quantitative estimate of drug-likeness (QED) is 0.493. The molecule has 20 heavy (non-hydrogen) atoms. The van der Waals surface area contributed by atoms with Crippen molar-refractivity contribution in [3.63, 3.8) is 0 Å². The van der Waals surface area contributed by atoms with Crippen molar-refractivity contribution in [3.8, 4) is 5.69 Å². The molecule has 0 amide bonds. The Kier molecular flexibility index (Phi) is 2.29. The summed E-state index contributed by atoms with van der Waals surface area (Å²) in [5.41, 5.74) is 1.01. The number of tetrazole rings is 1. The maximum absolute atomic E-state index is 4.07. The Morgan fingerprint density at radius 3 is 2.35 bits per heavy atom. The molecule has 0 radical (unpaired) electrons. The van der Waals surface area contributed by atoms with Crippen LogP contribution in [-0.2, 0) is 0 Å². The lowest BCUT2D eigenvalue weighted by Crippen LogP contribution is -2.00. The van der Waals surface area contributed by atoms with E-state index < -0.39 is 0 Å². The van der Waals surface area contributed by atoms with Gasteiger partial charge in [-0.15, -0.1) is 5.10 Å². The third-order valence-electron chi connectivity index (χ3n) is 3.58. The normalized spacial score (nSPS) is 11.2. The molecule has 4 nitrogen and oxygen atoms in total. The molecule has 0 spiro atoms. The molecule has 0 aliphatic carbocycles. The first kappa shape index (κ1) is 11.1. The lowest BCUT2D eigenvalue weighted by molar-refractivity contribution is 0.784. The number of nitrogens with zero attached hydrogens (tertiary/aromatic N) is 4. The van der Waals surface area contributed by atoms with E-state index in [0.717, 1.165) is 16.9 Å². The van der Waals surface area contributed by atoms with Gasteiger partial charge in [0.05, 0.1) is 5.69 Å². The largest absolute Gasteiger partial charge is 0.197 e. The summed E-state index contributed by atoms with van der Waals surface area (Å²) in [7, 11) is 0. The van der Waals surface area contributed by atoms with Gasteiger partial charge in [0.1, 0.15) is 0 Å². The molecule has 4 aromatic rings. The van der Waals surface area contributed by atoms with E-state index in [4.69, 9.17) is 0 Å². The summed E-state index contributed by atoms with van der Waals surface area (Å²) in [6, 6.07) is 19.0. The Hall–Kier alpha value is -2.75. The van der Waals surface area contributed by atoms with Crippen LogP contribution in [0, 0.1) is 6.92 Å². The van der Waals surface area contributed by atoms with Crippen LogP contribution in [0.2, 0.25) is 0 Å². The summed E-state index contributed by atoms with van der Waals surface area (Å²) in [4.78, 5) is 0. The van der Waals surface area contributed by atoms with Crippen LogP contribution in [0.3, 0.4) is 0 Å². The molecule has 1 heterocycles. The van der Waals surface area contributed by atoms with Gasteiger partial charge in [0.15, 0.2) is 5.82 Å². The van der Waals surface area contributed by atoms with Gasteiger partial charge in [-0.05, 0) is 51.7 Å². The highest BCUT2D eigenvalue weighted by atomic mass is 15.5. The molecule has 1 aromatic heterocycles. The van der Waals surface area contributed by atoms with E-state index in [2.05, 4.69) is 58.0 Å². The van der Waals surface area contributed by atoms with Gasteiger partial charge in [0.2, 0.25) is 0 Å². The van der Waals surface area contributed by atoms with Gasteiger partial charge in [0, 0.05) is 5.39 Å². The average Bonchev–Trinajstić information content (AvgIpc) is 2.90. The molecule has 0 atom stereocenters. The van der Waals surface area contributed by atoms with E-state index >= 15 is 0 Å². The Labute approximate surface area is 115 Å². The van der Waals surface area contributed by atoms with E-state index in [9.17, 15) is 0 Å². The fourth-order valence-electron chi connectivity index (χ4n) is 2.59. The zero-order chi connectivity index (χ0) is 13.5. The van der Waals surface area contributed by atoms with Crippen molar-refractivity contribution in [3.05, 3.63) is 60.4 Å². The summed E-state index contributed by atoms with van der Waals surface area (Å²) < 4.78 is 1.77. The molecule has 0 aliphatic rings. The zero-order valence-electron chi connectivity index (χ0n) is 11.0. The van der Waals surface area contributed by atoms with Gasteiger partial charge >= 0.3 is 0 Å². The molecular formula is C16H12N4. The predicted octanol–water partition coefficient (Wildman–Crippen LogP) is 3.28. The maximum atomic E-state index is 4.07. The second-order valence-electron chi connectivity index (χ2n) is 4.84. The minimum Gasteiger partial charge on any atom is -0.197 e. The van der Waals surface area contributed by atoms with Gasteiger partial charge in [-0.2, -0.15) is 4.68 Å². The van der Waals surface area contributed by atoms with Crippen molar-refractivity contribution in [2.75, 3.05) is 0 Å². The van der Waals surface area contributed by atoms with Crippen molar-refractivity contribution in [1.82, 2.24) is 20.2 Å². The topological polar surface area (TPSA) is 43.6 Å². The molecule has 0 aliphatic heterocycles. The smallest absolute Gasteiger partial charge is 0.153 e. The molecule has 0 bridgehead atoms. The van der Waals surface area contributed by atoms with E-state index in [1.54, 1.807) is 4.68 Å². The minimum absolute atomic E-state index is 0.783. The Bertz CT molecular complexity index is 924. The lowest BCUT2D eigenvalue weighted by Gasteiger charge is -2.08. The van der Waals surface area contributed by atoms with Crippen LogP contribution in [0.1, 0.15) is 5.82 Å². The van der Waals surface area contributed by atoms with Crippen LogP contribution < -0.4 is 0 Å². The first-order valence-electron chi connectivity index (χ1n) is 6.50. The van der Waals surface area contributed by atoms with Gasteiger partial charge in [-0.3, -0.25) is 0 Å². The van der Waals surface area contributed by atoms with Crippen molar-refractivity contribution >= 4 is 21.5 Å². The molecule has 0 fully saturated rings. The fraction of sp³-hybridized carbons (Fsp3) is 0.0625. The van der Waals surface area contributed by atoms with Crippen LogP contribution in [-0.4, -0.2) is 20.2 Å². The summed E-state index contributed by atoms with van der Waals surface area (Å²) in [5, 5.41) is 16.6. The van der Waals surface area contributed by atoms with Gasteiger partial charge in [-0.25, -0.2) is 0 Å². The highest BCUT2D eigenvalue weighted by Crippen LogP contribution is 2.27. The fourth-order valence-corrected chi connectivity index (χ4v) is 2.59. The summed E-state index contributed by atoms with van der Waals surface area (Å²) in [5.74, 6) is 0.783. The number of aryl methyl sites for hydroxylation is 1. The van der Waals surface area contributed by atoms with Crippen LogP contribution in [0.15, 0.2) is 54.6 Å². The molecule has 0 unspecified atom stereocenters. The van der Waals surface area contributed by atoms with E-state index in [-0.39, 0.29) is 0 Å². The van der Waals surface area contributed by atoms with Crippen molar-refractivity contribution in [2.24, 2.45) is 0 Å². The van der Waals surface area contributed by atoms with Crippen molar-refractivity contribution in [1.29, 1.82) is 0 Å². The van der Waals surface area contributed by atoms with E-state index in [0.29, 0.717) is 0 Å². The number of rotatable bonds is 1. The summed E-state index contributed by atoms with van der Waals surface area (Å²) >= 11 is 0. The molecule has 3 aromatic carbocycles. The maximum Gasteiger partial charge on any atom is 0.153 e. The van der Waals surface area contributed by atoms with E-state index in [1.807, 2.05) is 19.1 Å².